The minimum absolute atomic E-state index is 0.429. The van der Waals surface area contributed by atoms with Crippen molar-refractivity contribution in [2.24, 2.45) is 0 Å². The smallest absolute Gasteiger partial charge is 0.0621 e. The highest BCUT2D eigenvalue weighted by atomic mass is 79.9. The molecule has 21 heavy (non-hydrogen) atoms. The van der Waals surface area contributed by atoms with Crippen molar-refractivity contribution in [3.63, 3.8) is 0 Å². The molecule has 0 aliphatic heterocycles. The van der Waals surface area contributed by atoms with E-state index in [1.807, 2.05) is 12.3 Å². The maximum absolute atomic E-state index is 6.27. The van der Waals surface area contributed by atoms with Crippen LogP contribution >= 0.6 is 27.5 Å². The Morgan fingerprint density at radius 2 is 2.00 bits per heavy atom. The molecule has 1 aromatic carbocycles. The summed E-state index contributed by atoms with van der Waals surface area (Å²) < 4.78 is 1.11. The molecule has 1 fully saturated rings. The summed E-state index contributed by atoms with van der Waals surface area (Å²) in [5.41, 5.74) is 2.51. The fourth-order valence-corrected chi connectivity index (χ4v) is 2.94. The third-order valence-corrected chi connectivity index (χ3v) is 4.76. The molecule has 0 saturated heterocycles. The lowest BCUT2D eigenvalue weighted by Gasteiger charge is -2.19. The van der Waals surface area contributed by atoms with Crippen LogP contribution in [0.5, 0.6) is 0 Å². The standard InChI is InChI=1S/C17H18BrClN2/c18-15-3-1-12(2-4-15)14(10-21-16-5-6-16)9-13-7-8-20-11-17(13)19/h1-4,7-8,11,14,16,21H,5-6,9-10H2. The Bertz CT molecular complexity index is 596. The van der Waals surface area contributed by atoms with Crippen LogP contribution in [-0.4, -0.2) is 17.6 Å². The molecule has 1 heterocycles. The van der Waals surface area contributed by atoms with Gasteiger partial charge in [0, 0.05) is 35.4 Å². The van der Waals surface area contributed by atoms with E-state index in [1.165, 1.54) is 18.4 Å². The molecule has 4 heteroatoms. The molecule has 2 aromatic rings. The Morgan fingerprint density at radius 3 is 2.67 bits per heavy atom. The number of aromatic nitrogens is 1. The molecular weight excluding hydrogens is 348 g/mol. The zero-order valence-electron chi connectivity index (χ0n) is 11.7. The number of rotatable bonds is 6. The van der Waals surface area contributed by atoms with Crippen LogP contribution in [-0.2, 0) is 6.42 Å². The minimum atomic E-state index is 0.429. The summed E-state index contributed by atoms with van der Waals surface area (Å²) in [6.07, 6.45) is 7.09. The zero-order valence-corrected chi connectivity index (χ0v) is 14.1. The molecule has 1 unspecified atom stereocenters. The number of halogens is 2. The third kappa shape index (κ3) is 4.29. The zero-order chi connectivity index (χ0) is 14.7. The topological polar surface area (TPSA) is 24.9 Å². The van der Waals surface area contributed by atoms with Crippen molar-refractivity contribution in [1.29, 1.82) is 0 Å². The molecule has 0 spiro atoms. The Balaban J connectivity index is 1.77. The molecule has 110 valence electrons. The van der Waals surface area contributed by atoms with E-state index in [0.717, 1.165) is 34.1 Å². The van der Waals surface area contributed by atoms with E-state index in [0.29, 0.717) is 5.92 Å². The summed E-state index contributed by atoms with van der Waals surface area (Å²) in [6.45, 7) is 0.991. The Hall–Kier alpha value is -0.900. The summed E-state index contributed by atoms with van der Waals surface area (Å²) in [5, 5.41) is 4.39. The summed E-state index contributed by atoms with van der Waals surface area (Å²) >= 11 is 9.77. The van der Waals surface area contributed by atoms with Crippen LogP contribution in [0.3, 0.4) is 0 Å². The van der Waals surface area contributed by atoms with Crippen molar-refractivity contribution in [3.05, 3.63) is 63.3 Å². The monoisotopic (exact) mass is 364 g/mol. The second-order valence-corrected chi connectivity index (χ2v) is 6.93. The molecule has 1 N–H and O–H groups in total. The first-order valence-corrected chi connectivity index (χ1v) is 8.46. The second-order valence-electron chi connectivity index (χ2n) is 5.60. The van der Waals surface area contributed by atoms with Gasteiger partial charge in [0.15, 0.2) is 0 Å². The van der Waals surface area contributed by atoms with E-state index in [1.54, 1.807) is 6.20 Å². The van der Waals surface area contributed by atoms with Gasteiger partial charge in [-0.25, -0.2) is 0 Å². The average Bonchev–Trinajstić information content (AvgIpc) is 3.31. The van der Waals surface area contributed by atoms with Crippen LogP contribution in [0.15, 0.2) is 47.2 Å². The van der Waals surface area contributed by atoms with Gasteiger partial charge in [0.2, 0.25) is 0 Å². The summed E-state index contributed by atoms with van der Waals surface area (Å²) in [6, 6.07) is 11.3. The van der Waals surface area contributed by atoms with E-state index in [-0.39, 0.29) is 0 Å². The third-order valence-electron chi connectivity index (χ3n) is 3.89. The number of nitrogens with zero attached hydrogens (tertiary/aromatic N) is 1. The van der Waals surface area contributed by atoms with E-state index < -0.39 is 0 Å². The molecular formula is C17H18BrClN2. The van der Waals surface area contributed by atoms with Gasteiger partial charge in [0.25, 0.3) is 0 Å². The number of hydrogen-bond acceptors (Lipinski definition) is 2. The van der Waals surface area contributed by atoms with Crippen LogP contribution in [0, 0.1) is 0 Å². The van der Waals surface area contributed by atoms with Crippen molar-refractivity contribution >= 4 is 27.5 Å². The highest BCUT2D eigenvalue weighted by Crippen LogP contribution is 2.27. The van der Waals surface area contributed by atoms with Gasteiger partial charge in [-0.1, -0.05) is 39.7 Å². The molecule has 2 nitrogen and oxygen atoms in total. The van der Waals surface area contributed by atoms with Gasteiger partial charge in [-0.2, -0.15) is 0 Å². The van der Waals surface area contributed by atoms with E-state index in [9.17, 15) is 0 Å². The van der Waals surface area contributed by atoms with Crippen LogP contribution in [0.25, 0.3) is 0 Å². The minimum Gasteiger partial charge on any atom is -0.313 e. The highest BCUT2D eigenvalue weighted by molar-refractivity contribution is 9.10. The van der Waals surface area contributed by atoms with E-state index >= 15 is 0 Å². The van der Waals surface area contributed by atoms with Crippen molar-refractivity contribution in [1.82, 2.24) is 10.3 Å². The van der Waals surface area contributed by atoms with Crippen molar-refractivity contribution in [2.75, 3.05) is 6.54 Å². The quantitative estimate of drug-likeness (QED) is 0.810. The summed E-state index contributed by atoms with van der Waals surface area (Å²) in [7, 11) is 0. The first-order chi connectivity index (χ1) is 10.2. The van der Waals surface area contributed by atoms with Crippen LogP contribution in [0.2, 0.25) is 5.02 Å². The van der Waals surface area contributed by atoms with Gasteiger partial charge in [0.05, 0.1) is 5.02 Å². The number of benzene rings is 1. The maximum Gasteiger partial charge on any atom is 0.0621 e. The highest BCUT2D eigenvalue weighted by Gasteiger charge is 2.23. The van der Waals surface area contributed by atoms with Gasteiger partial charge in [-0.05, 0) is 48.6 Å². The van der Waals surface area contributed by atoms with Crippen molar-refractivity contribution in [3.8, 4) is 0 Å². The normalized spacial score (nSPS) is 15.9. The van der Waals surface area contributed by atoms with Gasteiger partial charge in [-0.3, -0.25) is 4.98 Å². The average molecular weight is 366 g/mol. The molecule has 1 aromatic heterocycles. The van der Waals surface area contributed by atoms with E-state index in [2.05, 4.69) is 50.5 Å². The summed E-state index contributed by atoms with van der Waals surface area (Å²) in [4.78, 5) is 4.07. The summed E-state index contributed by atoms with van der Waals surface area (Å²) in [5.74, 6) is 0.429. The number of nitrogens with one attached hydrogen (secondary N) is 1. The van der Waals surface area contributed by atoms with Crippen LogP contribution in [0.1, 0.15) is 29.9 Å². The lowest BCUT2D eigenvalue weighted by molar-refractivity contribution is 0.577. The lowest BCUT2D eigenvalue weighted by atomic mass is 9.92. The molecule has 0 bridgehead atoms. The van der Waals surface area contributed by atoms with Gasteiger partial charge in [-0.15, -0.1) is 0 Å². The van der Waals surface area contributed by atoms with Crippen molar-refractivity contribution in [2.45, 2.75) is 31.2 Å². The van der Waals surface area contributed by atoms with E-state index in [4.69, 9.17) is 11.6 Å². The number of hydrogen-bond donors (Lipinski definition) is 1. The van der Waals surface area contributed by atoms with Gasteiger partial charge >= 0.3 is 0 Å². The SMILES string of the molecule is Clc1cnccc1CC(CNC1CC1)c1ccc(Br)cc1. The molecule has 1 saturated carbocycles. The number of pyridine rings is 1. The Labute approximate surface area is 139 Å². The van der Waals surface area contributed by atoms with Gasteiger partial charge < -0.3 is 5.32 Å². The predicted octanol–water partition coefficient (Wildman–Crippen LogP) is 4.58. The first-order valence-electron chi connectivity index (χ1n) is 7.29. The first kappa shape index (κ1) is 15.0. The molecule has 1 aliphatic rings. The Kier molecular flexibility index (Phi) is 4.94. The lowest BCUT2D eigenvalue weighted by Crippen LogP contribution is -2.25. The molecule has 1 aliphatic carbocycles. The molecule has 1 atom stereocenters. The van der Waals surface area contributed by atoms with Gasteiger partial charge in [0.1, 0.15) is 0 Å². The molecule has 3 rings (SSSR count). The fraction of sp³-hybridized carbons (Fsp3) is 0.353. The molecule has 0 amide bonds. The second kappa shape index (κ2) is 6.91. The fourth-order valence-electron chi connectivity index (χ4n) is 2.47. The van der Waals surface area contributed by atoms with Crippen molar-refractivity contribution < 1.29 is 0 Å². The predicted molar refractivity (Wildman–Crippen MR) is 90.9 cm³/mol. The maximum atomic E-state index is 6.27. The largest absolute Gasteiger partial charge is 0.313 e. The van der Waals surface area contributed by atoms with Crippen LogP contribution < -0.4 is 5.32 Å². The van der Waals surface area contributed by atoms with Crippen LogP contribution in [0.4, 0.5) is 0 Å². The molecule has 0 radical (unpaired) electrons. The Morgan fingerprint density at radius 1 is 1.24 bits per heavy atom.